The maximum Gasteiger partial charge on any atom is 0.270 e. The van der Waals surface area contributed by atoms with Crippen LogP contribution in [0.2, 0.25) is 0 Å². The SMILES string of the molecule is C=CCNC(=S)[C@@H](C(=O)c1ccc(C(C)(C)C)cc1)[n+]1ccc(C(C)(C)C)cc1. The summed E-state index contributed by atoms with van der Waals surface area (Å²) in [6.07, 6.45) is 5.61. The molecule has 4 heteroatoms. The number of hydrogen-bond acceptors (Lipinski definition) is 2. The maximum absolute atomic E-state index is 13.4. The first-order chi connectivity index (χ1) is 13.4. The average Bonchev–Trinajstić information content (AvgIpc) is 2.65. The standard InChI is InChI=1S/C25H32N2OS/c1-8-15-26-23(29)21(27-16-13-20(14-17-27)25(5,6)7)22(28)18-9-11-19(12-10-18)24(2,3)4/h8-14,16-17,21H,1,15H2,2-7H3/p+1/t21-/m1/s1. The van der Waals surface area contributed by atoms with Crippen LogP contribution in [0.25, 0.3) is 0 Å². The van der Waals surface area contributed by atoms with Crippen LogP contribution in [0.5, 0.6) is 0 Å². The van der Waals surface area contributed by atoms with Gasteiger partial charge in [-0.25, -0.2) is 0 Å². The van der Waals surface area contributed by atoms with Crippen LogP contribution in [-0.2, 0) is 10.8 Å². The van der Waals surface area contributed by atoms with E-state index in [1.165, 1.54) is 11.1 Å². The smallest absolute Gasteiger partial charge is 0.270 e. The van der Waals surface area contributed by atoms with Crippen molar-refractivity contribution in [1.82, 2.24) is 5.32 Å². The van der Waals surface area contributed by atoms with E-state index in [2.05, 4.69) is 65.6 Å². The van der Waals surface area contributed by atoms with Crippen molar-refractivity contribution in [1.29, 1.82) is 0 Å². The Morgan fingerprint density at radius 1 is 1.00 bits per heavy atom. The largest absolute Gasteiger partial charge is 0.370 e. The quantitative estimate of drug-likeness (QED) is 0.312. The molecule has 0 aliphatic carbocycles. The summed E-state index contributed by atoms with van der Waals surface area (Å²) in [4.78, 5) is 13.9. The fraction of sp³-hybridized carbons (Fsp3) is 0.400. The summed E-state index contributed by atoms with van der Waals surface area (Å²) < 4.78 is 1.88. The zero-order valence-corrected chi connectivity index (χ0v) is 19.3. The highest BCUT2D eigenvalue weighted by Gasteiger charge is 2.33. The molecule has 0 saturated carbocycles. The van der Waals surface area contributed by atoms with Crippen LogP contribution < -0.4 is 9.88 Å². The molecule has 0 amide bonds. The Balaban J connectivity index is 2.41. The second-order valence-electron chi connectivity index (χ2n) is 9.41. The minimum Gasteiger partial charge on any atom is -0.370 e. The second-order valence-corrected chi connectivity index (χ2v) is 9.85. The fourth-order valence-corrected chi connectivity index (χ4v) is 3.37. The average molecular weight is 410 g/mol. The molecule has 0 aliphatic heterocycles. The Morgan fingerprint density at radius 2 is 1.48 bits per heavy atom. The number of thiocarbonyl (C=S) groups is 1. The Bertz CT molecular complexity index is 869. The highest BCUT2D eigenvalue weighted by Crippen LogP contribution is 2.24. The molecular weight excluding hydrogens is 376 g/mol. The van der Waals surface area contributed by atoms with Crippen LogP contribution in [-0.4, -0.2) is 17.3 Å². The monoisotopic (exact) mass is 409 g/mol. The van der Waals surface area contributed by atoms with Crippen LogP contribution in [0.4, 0.5) is 0 Å². The Kier molecular flexibility index (Phi) is 7.12. The number of hydrogen-bond donors (Lipinski definition) is 1. The van der Waals surface area contributed by atoms with Gasteiger partial charge in [0.2, 0.25) is 5.78 Å². The van der Waals surface area contributed by atoms with Gasteiger partial charge in [-0.2, -0.15) is 4.57 Å². The van der Waals surface area contributed by atoms with Crippen molar-refractivity contribution in [2.75, 3.05) is 6.54 Å². The number of benzene rings is 1. The minimum absolute atomic E-state index is 0.0273. The van der Waals surface area contributed by atoms with Gasteiger partial charge in [0.15, 0.2) is 17.4 Å². The molecular formula is C25H33N2OS+. The Labute approximate surface area is 180 Å². The first-order valence-corrected chi connectivity index (χ1v) is 10.4. The van der Waals surface area contributed by atoms with E-state index in [1.807, 2.05) is 41.2 Å². The predicted octanol–water partition coefficient (Wildman–Crippen LogP) is 5.10. The number of Topliss-reactive ketones (excluding diaryl/α,β-unsaturated/α-hetero) is 1. The van der Waals surface area contributed by atoms with Gasteiger partial charge in [0.1, 0.15) is 0 Å². The molecule has 1 N–H and O–H groups in total. The molecule has 154 valence electrons. The highest BCUT2D eigenvalue weighted by atomic mass is 32.1. The van der Waals surface area contributed by atoms with Gasteiger partial charge in [0.25, 0.3) is 6.04 Å². The first kappa shape index (κ1) is 23.0. The molecule has 1 atom stereocenters. The van der Waals surface area contributed by atoms with Crippen LogP contribution in [0.1, 0.15) is 69.1 Å². The van der Waals surface area contributed by atoms with Crippen molar-refractivity contribution in [2.24, 2.45) is 0 Å². The first-order valence-electron chi connectivity index (χ1n) is 10.00. The van der Waals surface area contributed by atoms with E-state index in [1.54, 1.807) is 6.08 Å². The summed E-state index contributed by atoms with van der Waals surface area (Å²) in [5.41, 5.74) is 3.14. The van der Waals surface area contributed by atoms with Gasteiger partial charge >= 0.3 is 0 Å². The van der Waals surface area contributed by atoms with Crippen molar-refractivity contribution in [3.05, 3.63) is 78.1 Å². The summed E-state index contributed by atoms with van der Waals surface area (Å²) in [6.45, 7) is 17.2. The normalized spacial score (nSPS) is 12.9. The number of rotatable bonds is 6. The number of nitrogens with one attached hydrogen (secondary N) is 1. The van der Waals surface area contributed by atoms with E-state index in [4.69, 9.17) is 12.2 Å². The maximum atomic E-state index is 13.4. The number of pyridine rings is 1. The molecule has 3 nitrogen and oxygen atoms in total. The highest BCUT2D eigenvalue weighted by molar-refractivity contribution is 7.80. The molecule has 0 fully saturated rings. The summed E-state index contributed by atoms with van der Waals surface area (Å²) in [7, 11) is 0. The van der Waals surface area contributed by atoms with Gasteiger partial charge in [-0.15, -0.1) is 6.58 Å². The fourth-order valence-electron chi connectivity index (χ4n) is 3.06. The zero-order chi connectivity index (χ0) is 21.8. The summed E-state index contributed by atoms with van der Waals surface area (Å²) in [5.74, 6) is -0.0273. The van der Waals surface area contributed by atoms with Crippen LogP contribution in [0, 0.1) is 0 Å². The van der Waals surface area contributed by atoms with Crippen molar-refractivity contribution in [3.63, 3.8) is 0 Å². The lowest BCUT2D eigenvalue weighted by molar-refractivity contribution is -0.692. The molecule has 0 aliphatic rings. The predicted molar refractivity (Wildman–Crippen MR) is 125 cm³/mol. The van der Waals surface area contributed by atoms with E-state index in [0.717, 1.165) is 0 Å². The van der Waals surface area contributed by atoms with Crippen molar-refractivity contribution in [2.45, 2.75) is 58.4 Å². The van der Waals surface area contributed by atoms with Crippen LogP contribution >= 0.6 is 12.2 Å². The lowest BCUT2D eigenvalue weighted by Gasteiger charge is -2.20. The molecule has 1 heterocycles. The molecule has 0 spiro atoms. The summed E-state index contributed by atoms with van der Waals surface area (Å²) in [6, 6.07) is 11.4. The van der Waals surface area contributed by atoms with Gasteiger partial charge in [-0.05, 0) is 22.0 Å². The van der Waals surface area contributed by atoms with Gasteiger partial charge in [-0.1, -0.05) is 84.1 Å². The Hall–Kier alpha value is -2.33. The van der Waals surface area contributed by atoms with Gasteiger partial charge in [0.05, 0.1) is 0 Å². The third-order valence-corrected chi connectivity index (χ3v) is 5.34. The molecule has 0 unspecified atom stereocenters. The molecule has 1 aromatic heterocycles. The topological polar surface area (TPSA) is 33.0 Å². The second kappa shape index (κ2) is 9.00. The molecule has 29 heavy (non-hydrogen) atoms. The molecule has 2 aromatic rings. The van der Waals surface area contributed by atoms with E-state index in [9.17, 15) is 4.79 Å². The molecule has 0 saturated heterocycles. The molecule has 0 radical (unpaired) electrons. The molecule has 0 bridgehead atoms. The van der Waals surface area contributed by atoms with E-state index in [-0.39, 0.29) is 16.6 Å². The molecule has 1 aromatic carbocycles. The Morgan fingerprint density at radius 3 is 1.93 bits per heavy atom. The van der Waals surface area contributed by atoms with E-state index < -0.39 is 6.04 Å². The number of ketones is 1. The third kappa shape index (κ3) is 5.83. The van der Waals surface area contributed by atoms with Crippen molar-refractivity contribution < 1.29 is 9.36 Å². The van der Waals surface area contributed by atoms with E-state index >= 15 is 0 Å². The lowest BCUT2D eigenvalue weighted by atomic mass is 9.86. The molecule has 2 rings (SSSR count). The van der Waals surface area contributed by atoms with Crippen molar-refractivity contribution >= 4 is 23.0 Å². The van der Waals surface area contributed by atoms with Gasteiger partial charge < -0.3 is 5.32 Å². The number of aromatic nitrogens is 1. The minimum atomic E-state index is -0.598. The summed E-state index contributed by atoms with van der Waals surface area (Å²) in [5, 5.41) is 3.13. The van der Waals surface area contributed by atoms with Crippen molar-refractivity contribution in [3.8, 4) is 0 Å². The number of carbonyl (C=O) groups excluding carboxylic acids is 1. The van der Waals surface area contributed by atoms with E-state index in [0.29, 0.717) is 17.1 Å². The number of nitrogens with zero attached hydrogens (tertiary/aromatic N) is 1. The van der Waals surface area contributed by atoms with Crippen LogP contribution in [0.15, 0.2) is 61.4 Å². The van der Waals surface area contributed by atoms with Gasteiger partial charge in [-0.3, -0.25) is 4.79 Å². The van der Waals surface area contributed by atoms with Gasteiger partial charge in [0, 0.05) is 24.2 Å². The number of carbonyl (C=O) groups is 1. The third-order valence-electron chi connectivity index (χ3n) is 4.97. The van der Waals surface area contributed by atoms with Crippen LogP contribution in [0.3, 0.4) is 0 Å². The lowest BCUT2D eigenvalue weighted by Crippen LogP contribution is -2.51. The zero-order valence-electron chi connectivity index (χ0n) is 18.5. The summed E-state index contributed by atoms with van der Waals surface area (Å²) >= 11 is 5.59.